The van der Waals surface area contributed by atoms with Crippen LogP contribution in [0.5, 0.6) is 0 Å². The van der Waals surface area contributed by atoms with E-state index in [1.165, 1.54) is 11.3 Å². The molecule has 3 rings (SSSR count). The summed E-state index contributed by atoms with van der Waals surface area (Å²) in [6, 6.07) is 5.89. The SMILES string of the molecule is Cc1ccc(CC(=O)Cc2nc(CN=C(N(C)C)N(C)C)cs2)c(C(=O)C2CCCC2)c1. The fraction of sp³-hybridized carbons (Fsp3) is 0.520. The molecule has 1 aromatic carbocycles. The van der Waals surface area contributed by atoms with Crippen LogP contribution in [0.15, 0.2) is 28.6 Å². The Labute approximate surface area is 195 Å². The Morgan fingerprint density at radius 1 is 1.09 bits per heavy atom. The van der Waals surface area contributed by atoms with Crippen molar-refractivity contribution < 1.29 is 9.59 Å². The first-order chi connectivity index (χ1) is 15.2. The van der Waals surface area contributed by atoms with Gasteiger partial charge in [0.05, 0.1) is 18.7 Å². The quantitative estimate of drug-likeness (QED) is 0.340. The van der Waals surface area contributed by atoms with E-state index in [0.717, 1.165) is 59.0 Å². The molecule has 1 aliphatic carbocycles. The Morgan fingerprint density at radius 2 is 1.78 bits per heavy atom. The van der Waals surface area contributed by atoms with Gasteiger partial charge in [-0.25, -0.2) is 9.98 Å². The number of rotatable bonds is 8. The summed E-state index contributed by atoms with van der Waals surface area (Å²) in [7, 11) is 7.84. The lowest BCUT2D eigenvalue weighted by Gasteiger charge is -2.22. The van der Waals surface area contributed by atoms with Crippen molar-refractivity contribution in [2.24, 2.45) is 10.9 Å². The number of aliphatic imine (C=N–C) groups is 1. The van der Waals surface area contributed by atoms with E-state index in [0.29, 0.717) is 6.54 Å². The van der Waals surface area contributed by atoms with E-state index >= 15 is 0 Å². The third-order valence-corrected chi connectivity index (χ3v) is 6.67. The third kappa shape index (κ3) is 6.25. The van der Waals surface area contributed by atoms with E-state index in [1.54, 1.807) is 0 Å². The molecule has 172 valence electrons. The molecule has 7 heteroatoms. The highest BCUT2D eigenvalue weighted by molar-refractivity contribution is 7.09. The second-order valence-corrected chi connectivity index (χ2v) is 9.98. The Balaban J connectivity index is 1.65. The van der Waals surface area contributed by atoms with Crippen LogP contribution in [0, 0.1) is 12.8 Å². The van der Waals surface area contributed by atoms with Gasteiger partial charge in [-0.05, 0) is 31.4 Å². The Bertz CT molecular complexity index is 978. The number of carbonyl (C=O) groups excluding carboxylic acids is 2. The molecule has 0 bridgehead atoms. The lowest BCUT2D eigenvalue weighted by molar-refractivity contribution is -0.117. The van der Waals surface area contributed by atoms with Crippen LogP contribution >= 0.6 is 11.3 Å². The third-order valence-electron chi connectivity index (χ3n) is 5.77. The van der Waals surface area contributed by atoms with Gasteiger partial charge in [-0.3, -0.25) is 9.59 Å². The number of carbonyl (C=O) groups is 2. The van der Waals surface area contributed by atoms with E-state index in [-0.39, 0.29) is 30.3 Å². The van der Waals surface area contributed by atoms with Crippen molar-refractivity contribution in [3.63, 3.8) is 0 Å². The summed E-state index contributed by atoms with van der Waals surface area (Å²) in [4.78, 5) is 39.0. The summed E-state index contributed by atoms with van der Waals surface area (Å²) < 4.78 is 0. The number of hydrogen-bond acceptors (Lipinski definition) is 5. The van der Waals surface area contributed by atoms with E-state index < -0.39 is 0 Å². The molecule has 0 radical (unpaired) electrons. The average Bonchev–Trinajstić information content (AvgIpc) is 3.41. The number of benzene rings is 1. The van der Waals surface area contributed by atoms with Gasteiger partial charge in [-0.15, -0.1) is 11.3 Å². The summed E-state index contributed by atoms with van der Waals surface area (Å²) in [5.41, 5.74) is 3.51. The number of Topliss-reactive ketones (excluding diaryl/α,β-unsaturated/α-hetero) is 2. The normalized spacial score (nSPS) is 13.8. The summed E-state index contributed by atoms with van der Waals surface area (Å²) in [6.45, 7) is 2.48. The van der Waals surface area contributed by atoms with E-state index in [4.69, 9.17) is 0 Å². The fourth-order valence-electron chi connectivity index (χ4n) is 4.26. The van der Waals surface area contributed by atoms with Gasteiger partial charge in [0.2, 0.25) is 0 Å². The van der Waals surface area contributed by atoms with Gasteiger partial charge in [0, 0.05) is 51.5 Å². The fourth-order valence-corrected chi connectivity index (χ4v) is 5.08. The molecule has 1 fully saturated rings. The van der Waals surface area contributed by atoms with Crippen LogP contribution in [0.25, 0.3) is 0 Å². The van der Waals surface area contributed by atoms with Gasteiger partial charge in [-0.1, -0.05) is 30.5 Å². The molecule has 0 N–H and O–H groups in total. The standard InChI is InChI=1S/C25H34N4O2S/c1-17-10-11-19(22(12-17)24(31)18-8-6-7-9-18)13-21(30)14-23-27-20(16-32-23)15-26-25(28(2)3)29(4)5/h10-12,16,18H,6-9,13-15H2,1-5H3. The Morgan fingerprint density at radius 3 is 2.44 bits per heavy atom. The predicted molar refractivity (Wildman–Crippen MR) is 131 cm³/mol. The topological polar surface area (TPSA) is 65.9 Å². The van der Waals surface area contributed by atoms with Gasteiger partial charge in [0.1, 0.15) is 10.8 Å². The summed E-state index contributed by atoms with van der Waals surface area (Å²) in [5, 5.41) is 2.77. The maximum Gasteiger partial charge on any atom is 0.195 e. The highest BCUT2D eigenvalue weighted by Crippen LogP contribution is 2.29. The maximum atomic E-state index is 13.0. The van der Waals surface area contributed by atoms with E-state index in [1.807, 2.05) is 68.5 Å². The molecular formula is C25H34N4O2S. The molecule has 0 atom stereocenters. The number of thiazole rings is 1. The minimum absolute atomic E-state index is 0.0843. The van der Waals surface area contributed by atoms with Crippen molar-refractivity contribution in [2.45, 2.75) is 52.0 Å². The number of ketones is 2. The van der Waals surface area contributed by atoms with Crippen LogP contribution in [-0.4, -0.2) is 60.5 Å². The molecule has 0 amide bonds. The monoisotopic (exact) mass is 454 g/mol. The molecule has 1 aliphatic rings. The summed E-state index contributed by atoms with van der Waals surface area (Å²) in [5.74, 6) is 1.28. The molecule has 0 spiro atoms. The average molecular weight is 455 g/mol. The van der Waals surface area contributed by atoms with Crippen molar-refractivity contribution in [1.29, 1.82) is 0 Å². The molecule has 0 saturated heterocycles. The second-order valence-electron chi connectivity index (χ2n) is 9.04. The minimum Gasteiger partial charge on any atom is -0.349 e. The molecule has 2 aromatic rings. The highest BCUT2D eigenvalue weighted by atomic mass is 32.1. The maximum absolute atomic E-state index is 13.0. The van der Waals surface area contributed by atoms with Crippen LogP contribution in [0.4, 0.5) is 0 Å². The molecule has 6 nitrogen and oxygen atoms in total. The van der Waals surface area contributed by atoms with Gasteiger partial charge in [-0.2, -0.15) is 0 Å². The number of guanidine groups is 1. The van der Waals surface area contributed by atoms with E-state index in [2.05, 4.69) is 9.98 Å². The highest BCUT2D eigenvalue weighted by Gasteiger charge is 2.26. The van der Waals surface area contributed by atoms with Crippen LogP contribution in [0.1, 0.15) is 57.9 Å². The summed E-state index contributed by atoms with van der Waals surface area (Å²) in [6.07, 6.45) is 4.73. The Kier molecular flexibility index (Phi) is 8.18. The van der Waals surface area contributed by atoms with Gasteiger partial charge in [0.15, 0.2) is 11.7 Å². The lowest BCUT2D eigenvalue weighted by Crippen LogP contribution is -2.35. The predicted octanol–water partition coefficient (Wildman–Crippen LogP) is 4.16. The molecule has 1 aromatic heterocycles. The molecule has 1 heterocycles. The van der Waals surface area contributed by atoms with E-state index in [9.17, 15) is 9.59 Å². The smallest absolute Gasteiger partial charge is 0.195 e. The van der Waals surface area contributed by atoms with Gasteiger partial charge >= 0.3 is 0 Å². The van der Waals surface area contributed by atoms with Crippen molar-refractivity contribution >= 4 is 28.9 Å². The van der Waals surface area contributed by atoms with Crippen molar-refractivity contribution in [3.8, 4) is 0 Å². The van der Waals surface area contributed by atoms with Gasteiger partial charge < -0.3 is 9.80 Å². The number of hydrogen-bond donors (Lipinski definition) is 0. The van der Waals surface area contributed by atoms with Crippen LogP contribution < -0.4 is 0 Å². The number of aromatic nitrogens is 1. The second kappa shape index (κ2) is 10.9. The molecule has 0 unspecified atom stereocenters. The zero-order valence-corrected chi connectivity index (χ0v) is 20.7. The first kappa shape index (κ1) is 24.1. The van der Waals surface area contributed by atoms with Crippen molar-refractivity contribution in [2.75, 3.05) is 28.2 Å². The lowest BCUT2D eigenvalue weighted by atomic mass is 9.90. The molecule has 1 saturated carbocycles. The summed E-state index contributed by atoms with van der Waals surface area (Å²) >= 11 is 1.49. The number of nitrogens with zero attached hydrogens (tertiary/aromatic N) is 4. The molecule has 32 heavy (non-hydrogen) atoms. The van der Waals surface area contributed by atoms with Crippen LogP contribution in [-0.2, 0) is 24.2 Å². The van der Waals surface area contributed by atoms with Crippen LogP contribution in [0.2, 0.25) is 0 Å². The largest absolute Gasteiger partial charge is 0.349 e. The van der Waals surface area contributed by atoms with Gasteiger partial charge in [0.25, 0.3) is 0 Å². The molecular weight excluding hydrogens is 420 g/mol. The minimum atomic E-state index is 0.0843. The molecule has 0 aliphatic heterocycles. The van der Waals surface area contributed by atoms with Crippen LogP contribution in [0.3, 0.4) is 0 Å². The first-order valence-corrected chi connectivity index (χ1v) is 12.1. The Hall–Kier alpha value is -2.54. The zero-order valence-electron chi connectivity index (χ0n) is 19.9. The first-order valence-electron chi connectivity index (χ1n) is 11.2. The number of aryl methyl sites for hydroxylation is 1. The van der Waals surface area contributed by atoms with Crippen molar-refractivity contribution in [3.05, 3.63) is 51.0 Å². The zero-order chi connectivity index (χ0) is 23.3. The van der Waals surface area contributed by atoms with Crippen molar-refractivity contribution in [1.82, 2.24) is 14.8 Å².